The Hall–Kier alpha value is -0.900. The van der Waals surface area contributed by atoms with Crippen LogP contribution in [0, 0.1) is 6.92 Å². The molecule has 0 aliphatic rings. The summed E-state index contributed by atoms with van der Waals surface area (Å²) in [5, 5.41) is 3.04. The molecule has 4 heteroatoms. The van der Waals surface area contributed by atoms with Gasteiger partial charge < -0.3 is 5.73 Å². The van der Waals surface area contributed by atoms with Gasteiger partial charge in [0.25, 0.3) is 0 Å². The van der Waals surface area contributed by atoms with Gasteiger partial charge in [0, 0.05) is 17.5 Å². The highest BCUT2D eigenvalue weighted by Crippen LogP contribution is 2.21. The maximum atomic E-state index is 5.51. The molecule has 1 aromatic carbocycles. The van der Waals surface area contributed by atoms with Crippen LogP contribution in [0.15, 0.2) is 29.6 Å². The van der Waals surface area contributed by atoms with E-state index < -0.39 is 0 Å². The summed E-state index contributed by atoms with van der Waals surface area (Å²) in [4.78, 5) is 4.42. The van der Waals surface area contributed by atoms with Gasteiger partial charge in [-0.25, -0.2) is 4.98 Å². The predicted octanol–water partition coefficient (Wildman–Crippen LogP) is 3.00. The lowest BCUT2D eigenvalue weighted by Gasteiger charge is -1.96. The quantitative estimate of drug-likeness (QED) is 0.877. The molecule has 0 aliphatic carbocycles. The van der Waals surface area contributed by atoms with Crippen LogP contribution in [0.5, 0.6) is 0 Å². The van der Waals surface area contributed by atoms with Crippen LogP contribution in [-0.4, -0.2) is 4.98 Å². The van der Waals surface area contributed by atoms with Gasteiger partial charge in [-0.3, -0.25) is 0 Å². The average Bonchev–Trinajstić information content (AvgIpc) is 2.67. The zero-order valence-corrected chi connectivity index (χ0v) is 10.1. The van der Waals surface area contributed by atoms with Crippen molar-refractivity contribution in [2.75, 3.05) is 0 Å². The molecule has 0 amide bonds. The summed E-state index contributed by atoms with van der Waals surface area (Å²) in [6.45, 7) is 2.60. The molecule has 80 valence electrons. The average molecular weight is 241 g/mol. The molecule has 2 rings (SSSR count). The Labute approximate surface area is 99.6 Å². The van der Waals surface area contributed by atoms with Gasteiger partial charge in [-0.15, -0.1) is 23.7 Å². The number of hydrogen-bond donors (Lipinski definition) is 1. The molecule has 15 heavy (non-hydrogen) atoms. The SMILES string of the molecule is Cc1ccc(-c2csc(CN)n2)cc1.Cl. The smallest absolute Gasteiger partial charge is 0.107 e. The molecule has 0 saturated carbocycles. The van der Waals surface area contributed by atoms with Crippen LogP contribution >= 0.6 is 23.7 Å². The van der Waals surface area contributed by atoms with Crippen molar-refractivity contribution in [3.8, 4) is 11.3 Å². The van der Waals surface area contributed by atoms with Gasteiger partial charge in [-0.1, -0.05) is 29.8 Å². The highest BCUT2D eigenvalue weighted by molar-refractivity contribution is 7.09. The third-order valence-electron chi connectivity index (χ3n) is 2.07. The van der Waals surface area contributed by atoms with E-state index in [1.54, 1.807) is 11.3 Å². The molecular formula is C11H13ClN2S. The first kappa shape index (κ1) is 12.2. The number of hydrogen-bond acceptors (Lipinski definition) is 3. The zero-order chi connectivity index (χ0) is 9.97. The number of halogens is 1. The van der Waals surface area contributed by atoms with Crippen molar-refractivity contribution in [1.82, 2.24) is 4.98 Å². The van der Waals surface area contributed by atoms with Crippen LogP contribution in [0.25, 0.3) is 11.3 Å². The van der Waals surface area contributed by atoms with E-state index in [4.69, 9.17) is 5.73 Å². The van der Waals surface area contributed by atoms with Gasteiger partial charge in [-0.05, 0) is 6.92 Å². The zero-order valence-electron chi connectivity index (χ0n) is 8.43. The molecule has 2 N–H and O–H groups in total. The Bertz CT molecular complexity index is 422. The van der Waals surface area contributed by atoms with Crippen LogP contribution in [0.3, 0.4) is 0 Å². The van der Waals surface area contributed by atoms with E-state index >= 15 is 0 Å². The number of aryl methyl sites for hydroxylation is 1. The minimum Gasteiger partial charge on any atom is -0.325 e. The van der Waals surface area contributed by atoms with E-state index in [-0.39, 0.29) is 12.4 Å². The van der Waals surface area contributed by atoms with E-state index in [1.165, 1.54) is 5.56 Å². The van der Waals surface area contributed by atoms with Crippen molar-refractivity contribution in [1.29, 1.82) is 0 Å². The Balaban J connectivity index is 0.00000112. The lowest BCUT2D eigenvalue weighted by molar-refractivity contribution is 1.04. The second kappa shape index (κ2) is 5.26. The number of aromatic nitrogens is 1. The summed E-state index contributed by atoms with van der Waals surface area (Å²) in [6, 6.07) is 8.36. The fourth-order valence-electron chi connectivity index (χ4n) is 1.26. The number of rotatable bonds is 2. The molecule has 0 saturated heterocycles. The highest BCUT2D eigenvalue weighted by Gasteiger charge is 2.02. The van der Waals surface area contributed by atoms with Crippen molar-refractivity contribution in [2.45, 2.75) is 13.5 Å². The molecule has 2 nitrogen and oxygen atoms in total. The summed E-state index contributed by atoms with van der Waals surface area (Å²) >= 11 is 1.61. The van der Waals surface area contributed by atoms with Crippen molar-refractivity contribution in [2.24, 2.45) is 5.73 Å². The Kier molecular flexibility index (Phi) is 4.27. The predicted molar refractivity (Wildman–Crippen MR) is 67.4 cm³/mol. The van der Waals surface area contributed by atoms with Gasteiger partial charge in [0.05, 0.1) is 5.69 Å². The van der Waals surface area contributed by atoms with E-state index in [2.05, 4.69) is 36.2 Å². The first-order valence-electron chi connectivity index (χ1n) is 4.51. The molecule has 1 heterocycles. The molecule has 0 bridgehead atoms. The van der Waals surface area contributed by atoms with Gasteiger partial charge in [0.2, 0.25) is 0 Å². The molecule has 0 aliphatic heterocycles. The largest absolute Gasteiger partial charge is 0.325 e. The van der Waals surface area contributed by atoms with Gasteiger partial charge in [0.15, 0.2) is 0 Å². The first-order valence-corrected chi connectivity index (χ1v) is 5.39. The molecule has 0 unspecified atom stereocenters. The fourth-order valence-corrected chi connectivity index (χ4v) is 1.95. The van der Waals surface area contributed by atoms with E-state index in [1.807, 2.05) is 5.38 Å². The van der Waals surface area contributed by atoms with Crippen molar-refractivity contribution in [3.63, 3.8) is 0 Å². The Morgan fingerprint density at radius 2 is 1.93 bits per heavy atom. The molecule has 0 spiro atoms. The highest BCUT2D eigenvalue weighted by atomic mass is 35.5. The molecule has 1 aromatic heterocycles. The Morgan fingerprint density at radius 3 is 2.47 bits per heavy atom. The number of thiazole rings is 1. The van der Waals surface area contributed by atoms with Crippen LogP contribution < -0.4 is 5.73 Å². The van der Waals surface area contributed by atoms with Crippen LogP contribution in [0.1, 0.15) is 10.6 Å². The topological polar surface area (TPSA) is 38.9 Å². The summed E-state index contributed by atoms with van der Waals surface area (Å²) in [6.07, 6.45) is 0. The van der Waals surface area contributed by atoms with Gasteiger partial charge in [-0.2, -0.15) is 0 Å². The maximum Gasteiger partial charge on any atom is 0.107 e. The monoisotopic (exact) mass is 240 g/mol. The third kappa shape index (κ3) is 2.78. The summed E-state index contributed by atoms with van der Waals surface area (Å²) in [5.41, 5.74) is 8.96. The molecule has 0 radical (unpaired) electrons. The fraction of sp³-hybridized carbons (Fsp3) is 0.182. The van der Waals surface area contributed by atoms with Crippen molar-refractivity contribution in [3.05, 3.63) is 40.2 Å². The standard InChI is InChI=1S/C11H12N2S.ClH/c1-8-2-4-9(5-3-8)10-7-14-11(6-12)13-10;/h2-5,7H,6,12H2,1H3;1H. The maximum absolute atomic E-state index is 5.51. The van der Waals surface area contributed by atoms with Gasteiger partial charge in [0.1, 0.15) is 5.01 Å². The summed E-state index contributed by atoms with van der Waals surface area (Å²) in [7, 11) is 0. The van der Waals surface area contributed by atoms with E-state index in [0.29, 0.717) is 6.54 Å². The van der Waals surface area contributed by atoms with Gasteiger partial charge >= 0.3 is 0 Å². The normalized spacial score (nSPS) is 9.73. The molecule has 0 atom stereocenters. The van der Waals surface area contributed by atoms with Crippen LogP contribution in [0.2, 0.25) is 0 Å². The lowest BCUT2D eigenvalue weighted by atomic mass is 10.1. The molecule has 0 fully saturated rings. The number of nitrogens with zero attached hydrogens (tertiary/aromatic N) is 1. The Morgan fingerprint density at radius 1 is 1.27 bits per heavy atom. The van der Waals surface area contributed by atoms with Crippen LogP contribution in [-0.2, 0) is 6.54 Å². The lowest BCUT2D eigenvalue weighted by Crippen LogP contribution is -1.94. The summed E-state index contributed by atoms with van der Waals surface area (Å²) in [5.74, 6) is 0. The third-order valence-corrected chi connectivity index (χ3v) is 2.94. The van der Waals surface area contributed by atoms with Crippen molar-refractivity contribution < 1.29 is 0 Å². The molecular weight excluding hydrogens is 228 g/mol. The second-order valence-corrected chi connectivity index (χ2v) is 4.14. The number of benzene rings is 1. The van der Waals surface area contributed by atoms with E-state index in [9.17, 15) is 0 Å². The second-order valence-electron chi connectivity index (χ2n) is 3.20. The first-order chi connectivity index (χ1) is 6.79. The van der Waals surface area contributed by atoms with Crippen molar-refractivity contribution >= 4 is 23.7 Å². The minimum absolute atomic E-state index is 0. The minimum atomic E-state index is 0. The van der Waals surface area contributed by atoms with E-state index in [0.717, 1.165) is 16.3 Å². The van der Waals surface area contributed by atoms with Crippen LogP contribution in [0.4, 0.5) is 0 Å². The summed E-state index contributed by atoms with van der Waals surface area (Å²) < 4.78 is 0. The number of nitrogens with two attached hydrogens (primary N) is 1. The molecule has 2 aromatic rings.